The molecule has 0 fully saturated rings. The van der Waals surface area contributed by atoms with Crippen LogP contribution in [0.2, 0.25) is 0 Å². The van der Waals surface area contributed by atoms with Gasteiger partial charge in [0.05, 0.1) is 31.2 Å². The molecule has 8 nitrogen and oxygen atoms in total. The fourth-order valence-corrected chi connectivity index (χ4v) is 2.17. The van der Waals surface area contributed by atoms with E-state index in [1.807, 2.05) is 53.6 Å². The number of urea groups is 1. The first kappa shape index (κ1) is 15.7. The molecule has 2 heterocycles. The van der Waals surface area contributed by atoms with Crippen LogP contribution in [0.1, 0.15) is 11.3 Å². The van der Waals surface area contributed by atoms with Gasteiger partial charge in [-0.05, 0) is 12.1 Å². The van der Waals surface area contributed by atoms with E-state index in [0.29, 0.717) is 18.8 Å². The highest BCUT2D eigenvalue weighted by molar-refractivity contribution is 5.73. The molecule has 124 valence electrons. The van der Waals surface area contributed by atoms with Gasteiger partial charge in [0.25, 0.3) is 0 Å². The minimum Gasteiger partial charge on any atom is -0.332 e. The first-order chi connectivity index (χ1) is 11.6. The van der Waals surface area contributed by atoms with Gasteiger partial charge in [0, 0.05) is 25.9 Å². The summed E-state index contributed by atoms with van der Waals surface area (Å²) in [6.45, 7) is 0.918. The Morgan fingerprint density at radius 2 is 2.00 bits per heavy atom. The molecule has 3 rings (SSSR count). The van der Waals surface area contributed by atoms with Gasteiger partial charge in [-0.2, -0.15) is 5.10 Å². The topological polar surface area (TPSA) is 80.9 Å². The SMILES string of the molecule is CN(C)C(=O)NCc1cn(Cc2cnn(-c3ccccc3)c2)nn1. The fourth-order valence-electron chi connectivity index (χ4n) is 2.17. The summed E-state index contributed by atoms with van der Waals surface area (Å²) in [6, 6.07) is 9.76. The summed E-state index contributed by atoms with van der Waals surface area (Å²) < 4.78 is 3.55. The van der Waals surface area contributed by atoms with Gasteiger partial charge in [0.1, 0.15) is 5.69 Å². The lowest BCUT2D eigenvalue weighted by atomic mass is 10.3. The molecule has 8 heteroatoms. The molecule has 0 bridgehead atoms. The lowest BCUT2D eigenvalue weighted by molar-refractivity contribution is 0.217. The number of benzene rings is 1. The second-order valence-corrected chi connectivity index (χ2v) is 5.59. The Hall–Kier alpha value is -3.16. The molecule has 0 unspecified atom stereocenters. The van der Waals surface area contributed by atoms with Crippen LogP contribution >= 0.6 is 0 Å². The van der Waals surface area contributed by atoms with Crippen molar-refractivity contribution in [2.45, 2.75) is 13.1 Å². The first-order valence-electron chi connectivity index (χ1n) is 7.55. The molecular weight excluding hydrogens is 306 g/mol. The Kier molecular flexibility index (Phi) is 4.55. The third-order valence-corrected chi connectivity index (χ3v) is 3.41. The lowest BCUT2D eigenvalue weighted by Crippen LogP contribution is -2.34. The van der Waals surface area contributed by atoms with E-state index in [4.69, 9.17) is 0 Å². The van der Waals surface area contributed by atoms with Crippen LogP contribution in [0.15, 0.2) is 48.9 Å². The zero-order chi connectivity index (χ0) is 16.9. The maximum Gasteiger partial charge on any atom is 0.317 e. The van der Waals surface area contributed by atoms with Crippen LogP contribution in [-0.4, -0.2) is 49.8 Å². The molecule has 0 saturated carbocycles. The molecular formula is C16H19N7O. The monoisotopic (exact) mass is 325 g/mol. The van der Waals surface area contributed by atoms with Crippen LogP contribution in [0, 0.1) is 0 Å². The number of nitrogens with zero attached hydrogens (tertiary/aromatic N) is 6. The summed E-state index contributed by atoms with van der Waals surface area (Å²) in [7, 11) is 3.38. The fraction of sp³-hybridized carbons (Fsp3) is 0.250. The zero-order valence-corrected chi connectivity index (χ0v) is 13.6. The summed E-state index contributed by atoms with van der Waals surface area (Å²) in [5, 5.41) is 15.3. The smallest absolute Gasteiger partial charge is 0.317 e. The largest absolute Gasteiger partial charge is 0.332 e. The molecule has 1 N–H and O–H groups in total. The first-order valence-corrected chi connectivity index (χ1v) is 7.55. The number of aromatic nitrogens is 5. The van der Waals surface area contributed by atoms with Crippen molar-refractivity contribution in [2.75, 3.05) is 14.1 Å². The van der Waals surface area contributed by atoms with E-state index in [9.17, 15) is 4.79 Å². The van der Waals surface area contributed by atoms with Crippen LogP contribution in [0.3, 0.4) is 0 Å². The van der Waals surface area contributed by atoms with Gasteiger partial charge < -0.3 is 10.2 Å². The van der Waals surface area contributed by atoms with Crippen molar-refractivity contribution in [1.29, 1.82) is 0 Å². The highest BCUT2D eigenvalue weighted by Crippen LogP contribution is 2.08. The van der Waals surface area contributed by atoms with Crippen molar-refractivity contribution >= 4 is 6.03 Å². The number of nitrogens with one attached hydrogen (secondary N) is 1. The van der Waals surface area contributed by atoms with Crippen molar-refractivity contribution in [2.24, 2.45) is 0 Å². The van der Waals surface area contributed by atoms with Gasteiger partial charge in [0.15, 0.2) is 0 Å². The predicted octanol–water partition coefficient (Wildman–Crippen LogP) is 1.28. The molecule has 0 saturated heterocycles. The second-order valence-electron chi connectivity index (χ2n) is 5.59. The van der Waals surface area contributed by atoms with Crippen molar-refractivity contribution in [3.05, 3.63) is 60.2 Å². The average molecular weight is 325 g/mol. The van der Waals surface area contributed by atoms with Crippen molar-refractivity contribution in [1.82, 2.24) is 35.0 Å². The predicted molar refractivity (Wildman–Crippen MR) is 88.6 cm³/mol. The second kappa shape index (κ2) is 6.95. The Balaban J connectivity index is 1.61. The van der Waals surface area contributed by atoms with E-state index in [2.05, 4.69) is 20.7 Å². The van der Waals surface area contributed by atoms with E-state index in [0.717, 1.165) is 11.3 Å². The number of carbonyl (C=O) groups is 1. The highest BCUT2D eigenvalue weighted by atomic mass is 16.2. The molecule has 0 atom stereocenters. The molecule has 3 aromatic rings. The van der Waals surface area contributed by atoms with Crippen LogP contribution < -0.4 is 5.32 Å². The zero-order valence-electron chi connectivity index (χ0n) is 13.6. The summed E-state index contributed by atoms with van der Waals surface area (Å²) in [6.07, 6.45) is 5.59. The number of hydrogen-bond donors (Lipinski definition) is 1. The third kappa shape index (κ3) is 3.78. The molecule has 2 amide bonds. The molecule has 1 aromatic carbocycles. The van der Waals surface area contributed by atoms with Crippen LogP contribution in [0.4, 0.5) is 4.79 Å². The van der Waals surface area contributed by atoms with E-state index < -0.39 is 0 Å². The maximum atomic E-state index is 11.5. The average Bonchev–Trinajstić information content (AvgIpc) is 3.23. The highest BCUT2D eigenvalue weighted by Gasteiger charge is 2.07. The molecule has 0 aliphatic heterocycles. The van der Waals surface area contributed by atoms with Crippen LogP contribution in [-0.2, 0) is 13.1 Å². The number of hydrogen-bond acceptors (Lipinski definition) is 4. The number of rotatable bonds is 5. The molecule has 0 radical (unpaired) electrons. The molecule has 0 aliphatic carbocycles. The van der Waals surface area contributed by atoms with Gasteiger partial charge in [-0.25, -0.2) is 14.2 Å². The van der Waals surface area contributed by atoms with Crippen LogP contribution in [0.5, 0.6) is 0 Å². The third-order valence-electron chi connectivity index (χ3n) is 3.41. The summed E-state index contributed by atoms with van der Waals surface area (Å²) in [4.78, 5) is 13.0. The molecule has 0 spiro atoms. The summed E-state index contributed by atoms with van der Waals surface area (Å²) >= 11 is 0. The van der Waals surface area contributed by atoms with Crippen molar-refractivity contribution in [3.8, 4) is 5.69 Å². The Morgan fingerprint density at radius 3 is 2.75 bits per heavy atom. The minimum atomic E-state index is -0.159. The van der Waals surface area contributed by atoms with Gasteiger partial charge >= 0.3 is 6.03 Å². The number of carbonyl (C=O) groups excluding carboxylic acids is 1. The summed E-state index contributed by atoms with van der Waals surface area (Å²) in [5.41, 5.74) is 2.74. The van der Waals surface area contributed by atoms with Crippen molar-refractivity contribution < 1.29 is 4.79 Å². The van der Waals surface area contributed by atoms with Crippen molar-refractivity contribution in [3.63, 3.8) is 0 Å². The summed E-state index contributed by atoms with van der Waals surface area (Å²) in [5.74, 6) is 0. The number of para-hydroxylation sites is 1. The molecule has 0 aliphatic rings. The van der Waals surface area contributed by atoms with Gasteiger partial charge in [-0.1, -0.05) is 23.4 Å². The minimum absolute atomic E-state index is 0.159. The maximum absolute atomic E-state index is 11.5. The van der Waals surface area contributed by atoms with E-state index >= 15 is 0 Å². The van der Waals surface area contributed by atoms with E-state index in [1.165, 1.54) is 4.90 Å². The molecule has 24 heavy (non-hydrogen) atoms. The van der Waals surface area contributed by atoms with Gasteiger partial charge in [-0.15, -0.1) is 5.10 Å². The van der Waals surface area contributed by atoms with E-state index in [-0.39, 0.29) is 6.03 Å². The van der Waals surface area contributed by atoms with Crippen LogP contribution in [0.25, 0.3) is 5.69 Å². The lowest BCUT2D eigenvalue weighted by Gasteiger charge is -2.10. The number of amides is 2. The quantitative estimate of drug-likeness (QED) is 0.766. The Labute approximate surface area is 139 Å². The standard InChI is InChI=1S/C16H19N7O/c1-21(2)16(24)17-9-14-12-22(20-19-14)10-13-8-18-23(11-13)15-6-4-3-5-7-15/h3-8,11-12H,9-10H2,1-2H3,(H,17,24). The Morgan fingerprint density at radius 1 is 1.21 bits per heavy atom. The van der Waals surface area contributed by atoms with Gasteiger partial charge in [0.2, 0.25) is 0 Å². The molecule has 2 aromatic heterocycles. The Bertz CT molecular complexity index is 807. The van der Waals surface area contributed by atoms with Gasteiger partial charge in [-0.3, -0.25) is 0 Å². The van der Waals surface area contributed by atoms with E-state index in [1.54, 1.807) is 18.8 Å². The normalized spacial score (nSPS) is 10.6.